The Hall–Kier alpha value is -1.14. The summed E-state index contributed by atoms with van der Waals surface area (Å²) in [5, 5.41) is 9.10. The van der Waals surface area contributed by atoms with E-state index in [1.165, 1.54) is 0 Å². The molecule has 0 aromatic carbocycles. The van der Waals surface area contributed by atoms with Crippen molar-refractivity contribution in [2.75, 3.05) is 26.2 Å². The van der Waals surface area contributed by atoms with E-state index >= 15 is 0 Å². The number of amides is 1. The van der Waals surface area contributed by atoms with Crippen LogP contribution in [0.1, 0.15) is 40.5 Å². The van der Waals surface area contributed by atoms with Crippen molar-refractivity contribution in [2.24, 2.45) is 11.8 Å². The third-order valence-corrected chi connectivity index (χ3v) is 4.88. The van der Waals surface area contributed by atoms with Gasteiger partial charge in [0.15, 0.2) is 0 Å². The quantitative estimate of drug-likeness (QED) is 0.846. The van der Waals surface area contributed by atoms with Gasteiger partial charge in [0.25, 0.3) is 0 Å². The molecule has 2 saturated heterocycles. The number of morpholine rings is 1. The first-order valence-corrected chi connectivity index (χ1v) is 8.70. The number of carboxylic acid groups (broad SMARTS) is 1. The van der Waals surface area contributed by atoms with Crippen molar-refractivity contribution >= 4 is 11.9 Å². The molecule has 2 rings (SSSR count). The molecule has 6 nitrogen and oxygen atoms in total. The van der Waals surface area contributed by atoms with Crippen LogP contribution < -0.4 is 0 Å². The summed E-state index contributed by atoms with van der Waals surface area (Å²) in [6.45, 7) is 10.9. The van der Waals surface area contributed by atoms with E-state index in [1.807, 2.05) is 18.7 Å². The molecule has 2 aliphatic rings. The molecule has 2 heterocycles. The van der Waals surface area contributed by atoms with Crippen molar-refractivity contribution in [1.82, 2.24) is 9.80 Å². The molecule has 23 heavy (non-hydrogen) atoms. The Labute approximate surface area is 138 Å². The van der Waals surface area contributed by atoms with Crippen LogP contribution in [0.4, 0.5) is 0 Å². The third kappa shape index (κ3) is 4.44. The molecule has 0 aliphatic carbocycles. The highest BCUT2D eigenvalue weighted by Crippen LogP contribution is 2.23. The van der Waals surface area contributed by atoms with E-state index in [0.29, 0.717) is 25.9 Å². The first kappa shape index (κ1) is 18.2. The van der Waals surface area contributed by atoms with Gasteiger partial charge in [-0.25, -0.2) is 0 Å². The second-order valence-electron chi connectivity index (χ2n) is 7.34. The highest BCUT2D eigenvalue weighted by atomic mass is 16.5. The normalized spacial score (nSPS) is 28.8. The predicted octanol–water partition coefficient (Wildman–Crippen LogP) is 1.44. The number of piperidine rings is 1. The molecule has 1 amide bonds. The Morgan fingerprint density at radius 2 is 1.61 bits per heavy atom. The molecule has 0 aromatic heterocycles. The molecule has 0 spiro atoms. The summed E-state index contributed by atoms with van der Waals surface area (Å²) in [5.74, 6) is -0.685. The molecule has 6 heteroatoms. The van der Waals surface area contributed by atoms with Crippen molar-refractivity contribution in [3.63, 3.8) is 0 Å². The molecule has 2 aliphatic heterocycles. The summed E-state index contributed by atoms with van der Waals surface area (Å²) >= 11 is 0. The van der Waals surface area contributed by atoms with Gasteiger partial charge in [-0.2, -0.15) is 0 Å². The smallest absolute Gasteiger partial charge is 0.306 e. The van der Waals surface area contributed by atoms with E-state index in [0.717, 1.165) is 13.1 Å². The second-order valence-corrected chi connectivity index (χ2v) is 7.34. The van der Waals surface area contributed by atoms with Crippen LogP contribution in [0.2, 0.25) is 0 Å². The zero-order chi connectivity index (χ0) is 17.1. The summed E-state index contributed by atoms with van der Waals surface area (Å²) in [5.41, 5.74) is 0. The maximum Gasteiger partial charge on any atom is 0.306 e. The molecule has 0 radical (unpaired) electrons. The minimum Gasteiger partial charge on any atom is -0.481 e. The van der Waals surface area contributed by atoms with Crippen LogP contribution in [0.25, 0.3) is 0 Å². The Balaban J connectivity index is 2.03. The number of ether oxygens (including phenoxy) is 1. The molecule has 0 aromatic rings. The lowest BCUT2D eigenvalue weighted by Crippen LogP contribution is -2.58. The average Bonchev–Trinajstić information content (AvgIpc) is 2.46. The fourth-order valence-corrected chi connectivity index (χ4v) is 3.84. The number of likely N-dealkylation sites (tertiary alicyclic amines) is 1. The zero-order valence-electron chi connectivity index (χ0n) is 14.7. The topological polar surface area (TPSA) is 70.1 Å². The standard InChI is InChI=1S/C17H30N2O4/c1-11(2)15(19-9-12(3)23-13(4)10-19)16(20)18-7-5-14(6-8-18)17(21)22/h11-15H,5-10H2,1-4H3,(H,21,22). The van der Waals surface area contributed by atoms with Gasteiger partial charge in [-0.05, 0) is 32.6 Å². The summed E-state index contributed by atoms with van der Waals surface area (Å²) in [4.78, 5) is 28.2. The minimum atomic E-state index is -0.742. The second kappa shape index (κ2) is 7.62. The maximum atomic E-state index is 13.0. The minimum absolute atomic E-state index is 0.130. The van der Waals surface area contributed by atoms with E-state index in [9.17, 15) is 9.59 Å². The van der Waals surface area contributed by atoms with Gasteiger partial charge in [-0.1, -0.05) is 13.8 Å². The van der Waals surface area contributed by atoms with Gasteiger partial charge in [0, 0.05) is 26.2 Å². The van der Waals surface area contributed by atoms with Gasteiger partial charge in [0.2, 0.25) is 5.91 Å². The van der Waals surface area contributed by atoms with E-state index in [1.54, 1.807) is 0 Å². The average molecular weight is 326 g/mol. The monoisotopic (exact) mass is 326 g/mol. The molecule has 3 unspecified atom stereocenters. The van der Waals surface area contributed by atoms with E-state index in [2.05, 4.69) is 18.7 Å². The van der Waals surface area contributed by atoms with Gasteiger partial charge >= 0.3 is 5.97 Å². The van der Waals surface area contributed by atoms with E-state index < -0.39 is 5.97 Å². The fraction of sp³-hybridized carbons (Fsp3) is 0.882. The first-order chi connectivity index (χ1) is 10.8. The molecule has 1 N–H and O–H groups in total. The first-order valence-electron chi connectivity index (χ1n) is 8.70. The van der Waals surface area contributed by atoms with E-state index in [4.69, 9.17) is 9.84 Å². The third-order valence-electron chi connectivity index (χ3n) is 4.88. The van der Waals surface area contributed by atoms with Gasteiger partial charge in [0.05, 0.1) is 24.2 Å². The Kier molecular flexibility index (Phi) is 6.03. The summed E-state index contributed by atoms with van der Waals surface area (Å²) in [7, 11) is 0. The lowest BCUT2D eigenvalue weighted by molar-refractivity contribution is -0.151. The zero-order valence-corrected chi connectivity index (χ0v) is 14.7. The van der Waals surface area contributed by atoms with Crippen molar-refractivity contribution in [3.05, 3.63) is 0 Å². The van der Waals surface area contributed by atoms with Gasteiger partial charge in [-0.3, -0.25) is 14.5 Å². The Morgan fingerprint density at radius 3 is 2.04 bits per heavy atom. The molecule has 132 valence electrons. The number of hydrogen-bond donors (Lipinski definition) is 1. The Bertz CT molecular complexity index is 422. The molecule has 0 saturated carbocycles. The van der Waals surface area contributed by atoms with E-state index in [-0.39, 0.29) is 36.0 Å². The van der Waals surface area contributed by atoms with Crippen LogP contribution in [-0.4, -0.2) is 71.2 Å². The summed E-state index contributed by atoms with van der Waals surface area (Å²) < 4.78 is 5.78. The number of nitrogens with zero attached hydrogens (tertiary/aromatic N) is 2. The van der Waals surface area contributed by atoms with Gasteiger partial charge < -0.3 is 14.7 Å². The van der Waals surface area contributed by atoms with Crippen LogP contribution in [0.5, 0.6) is 0 Å². The predicted molar refractivity (Wildman–Crippen MR) is 87.1 cm³/mol. The van der Waals surface area contributed by atoms with Crippen LogP contribution in [0, 0.1) is 11.8 Å². The van der Waals surface area contributed by atoms with Crippen LogP contribution in [-0.2, 0) is 14.3 Å². The van der Waals surface area contributed by atoms with Crippen molar-refractivity contribution in [3.8, 4) is 0 Å². The van der Waals surface area contributed by atoms with Crippen molar-refractivity contribution in [1.29, 1.82) is 0 Å². The number of aliphatic carboxylic acids is 1. The fourth-order valence-electron chi connectivity index (χ4n) is 3.84. The highest BCUT2D eigenvalue weighted by molar-refractivity contribution is 5.82. The summed E-state index contributed by atoms with van der Waals surface area (Å²) in [6.07, 6.45) is 1.37. The Morgan fingerprint density at radius 1 is 1.09 bits per heavy atom. The van der Waals surface area contributed by atoms with Crippen molar-refractivity contribution < 1.29 is 19.4 Å². The SMILES string of the molecule is CC1CN(C(C(=O)N2CCC(C(=O)O)CC2)C(C)C)CC(C)O1. The molecule has 0 bridgehead atoms. The van der Waals surface area contributed by atoms with Crippen molar-refractivity contribution in [2.45, 2.75) is 58.8 Å². The highest BCUT2D eigenvalue weighted by Gasteiger charge is 2.37. The lowest BCUT2D eigenvalue weighted by Gasteiger charge is -2.43. The largest absolute Gasteiger partial charge is 0.481 e. The number of rotatable bonds is 4. The number of hydrogen-bond acceptors (Lipinski definition) is 4. The van der Waals surface area contributed by atoms with Crippen LogP contribution in [0.3, 0.4) is 0 Å². The molecule has 2 fully saturated rings. The van der Waals surface area contributed by atoms with Crippen LogP contribution in [0.15, 0.2) is 0 Å². The maximum absolute atomic E-state index is 13.0. The lowest BCUT2D eigenvalue weighted by atomic mass is 9.94. The number of carboxylic acids is 1. The van der Waals surface area contributed by atoms with Gasteiger partial charge in [0.1, 0.15) is 0 Å². The molecule has 3 atom stereocenters. The summed E-state index contributed by atoms with van der Waals surface area (Å²) in [6, 6.07) is -0.148. The molecular formula is C17H30N2O4. The number of carbonyl (C=O) groups excluding carboxylic acids is 1. The van der Waals surface area contributed by atoms with Gasteiger partial charge in [-0.15, -0.1) is 0 Å². The number of carbonyl (C=O) groups is 2. The van der Waals surface area contributed by atoms with Crippen LogP contribution >= 0.6 is 0 Å². The molecular weight excluding hydrogens is 296 g/mol.